The molecule has 0 heterocycles. The predicted octanol–water partition coefficient (Wildman–Crippen LogP) is 3.51. The zero-order chi connectivity index (χ0) is 14.9. The molecule has 5 nitrogen and oxygen atoms in total. The van der Waals surface area contributed by atoms with Crippen molar-refractivity contribution in [3.05, 3.63) is 57.6 Å². The zero-order valence-electron chi connectivity index (χ0n) is 10.5. The van der Waals surface area contributed by atoms with Crippen LogP contribution >= 0.6 is 0 Å². The molecule has 0 aliphatic heterocycles. The minimum absolute atomic E-state index is 0.00264. The number of aryl methyl sites for hydroxylation is 1. The second-order valence-electron chi connectivity index (χ2n) is 4.21. The lowest BCUT2D eigenvalue weighted by Gasteiger charge is -2.10. The Morgan fingerprint density at radius 2 is 1.90 bits per heavy atom. The highest BCUT2D eigenvalue weighted by Crippen LogP contribution is 2.33. The molecule has 3 N–H and O–H groups in total. The van der Waals surface area contributed by atoms with Crippen LogP contribution in [0.5, 0.6) is 0 Å². The minimum Gasteiger partial charge on any atom is -0.393 e. The number of nitro benzene ring substituents is 1. The molecular weight excluding hydrogens is 268 g/mol. The molecule has 2 aromatic rings. The van der Waals surface area contributed by atoms with Gasteiger partial charge in [-0.3, -0.25) is 10.1 Å². The average Bonchev–Trinajstić information content (AvgIpc) is 2.35. The van der Waals surface area contributed by atoms with E-state index in [0.717, 1.165) is 12.1 Å². The van der Waals surface area contributed by atoms with Gasteiger partial charge in [-0.25, -0.2) is 8.78 Å². The van der Waals surface area contributed by atoms with E-state index in [1.54, 1.807) is 0 Å². The topological polar surface area (TPSA) is 81.2 Å². The summed E-state index contributed by atoms with van der Waals surface area (Å²) in [4.78, 5) is 10.3. The first-order valence-electron chi connectivity index (χ1n) is 5.65. The number of para-hydroxylation sites is 1. The van der Waals surface area contributed by atoms with Gasteiger partial charge in [0.1, 0.15) is 23.0 Å². The highest BCUT2D eigenvalue weighted by atomic mass is 19.1. The van der Waals surface area contributed by atoms with Crippen molar-refractivity contribution in [2.24, 2.45) is 0 Å². The Labute approximate surface area is 113 Å². The standard InChI is InChI=1S/C13H11F2N3O2/c1-7-5-9(15)12(6-8(7)14)17-11-4-2-3-10(16)13(11)18(19)20/h2-6,17H,16H2,1H3. The summed E-state index contributed by atoms with van der Waals surface area (Å²) >= 11 is 0. The van der Waals surface area contributed by atoms with Crippen molar-refractivity contribution in [3.63, 3.8) is 0 Å². The number of nitrogen functional groups attached to an aromatic ring is 1. The number of rotatable bonds is 3. The van der Waals surface area contributed by atoms with Crippen LogP contribution in [0.2, 0.25) is 0 Å². The van der Waals surface area contributed by atoms with Crippen LogP contribution < -0.4 is 11.1 Å². The maximum absolute atomic E-state index is 13.7. The maximum Gasteiger partial charge on any atom is 0.315 e. The Hall–Kier alpha value is -2.70. The zero-order valence-corrected chi connectivity index (χ0v) is 10.5. The van der Waals surface area contributed by atoms with Gasteiger partial charge in [-0.1, -0.05) is 6.07 Å². The molecule has 2 rings (SSSR count). The Bertz CT molecular complexity index is 690. The molecule has 0 radical (unpaired) electrons. The quantitative estimate of drug-likeness (QED) is 0.512. The van der Waals surface area contributed by atoms with Crippen LogP contribution in [0.15, 0.2) is 30.3 Å². The van der Waals surface area contributed by atoms with Gasteiger partial charge in [0.2, 0.25) is 0 Å². The molecule has 0 spiro atoms. The Balaban J connectivity index is 2.48. The summed E-state index contributed by atoms with van der Waals surface area (Å²) in [5.74, 6) is -1.32. The van der Waals surface area contributed by atoms with Crippen LogP contribution in [0.4, 0.5) is 31.5 Å². The molecule has 0 amide bonds. The number of nitrogens with two attached hydrogens (primary N) is 1. The normalized spacial score (nSPS) is 10.3. The van der Waals surface area contributed by atoms with Gasteiger partial charge in [-0.05, 0) is 30.7 Å². The second kappa shape index (κ2) is 5.12. The van der Waals surface area contributed by atoms with Crippen molar-refractivity contribution in [1.29, 1.82) is 0 Å². The van der Waals surface area contributed by atoms with Gasteiger partial charge in [0, 0.05) is 6.07 Å². The Kier molecular flexibility index (Phi) is 3.51. The molecule has 0 fully saturated rings. The van der Waals surface area contributed by atoms with E-state index in [4.69, 9.17) is 5.73 Å². The first-order chi connectivity index (χ1) is 9.40. The summed E-state index contributed by atoms with van der Waals surface area (Å²) in [7, 11) is 0. The molecule has 0 bridgehead atoms. The van der Waals surface area contributed by atoms with Crippen molar-refractivity contribution in [2.45, 2.75) is 6.92 Å². The van der Waals surface area contributed by atoms with Crippen LogP contribution in [0.1, 0.15) is 5.56 Å². The third-order valence-electron chi connectivity index (χ3n) is 2.77. The molecule has 104 valence electrons. The summed E-state index contributed by atoms with van der Waals surface area (Å²) in [6.45, 7) is 1.42. The summed E-state index contributed by atoms with van der Waals surface area (Å²) in [5.41, 5.74) is 5.03. The van der Waals surface area contributed by atoms with Crippen LogP contribution in [0.25, 0.3) is 0 Å². The number of nitrogens with zero attached hydrogens (tertiary/aromatic N) is 1. The van der Waals surface area contributed by atoms with Crippen molar-refractivity contribution < 1.29 is 13.7 Å². The largest absolute Gasteiger partial charge is 0.393 e. The van der Waals surface area contributed by atoms with E-state index in [9.17, 15) is 18.9 Å². The lowest BCUT2D eigenvalue weighted by molar-refractivity contribution is -0.383. The summed E-state index contributed by atoms with van der Waals surface area (Å²) < 4.78 is 27.2. The van der Waals surface area contributed by atoms with Crippen molar-refractivity contribution in [1.82, 2.24) is 0 Å². The first-order valence-corrected chi connectivity index (χ1v) is 5.65. The van der Waals surface area contributed by atoms with Gasteiger partial charge in [0.25, 0.3) is 0 Å². The lowest BCUT2D eigenvalue weighted by atomic mass is 10.2. The van der Waals surface area contributed by atoms with Crippen LogP contribution in [-0.2, 0) is 0 Å². The molecule has 0 unspecified atom stereocenters. The van der Waals surface area contributed by atoms with E-state index >= 15 is 0 Å². The van der Waals surface area contributed by atoms with Crippen molar-refractivity contribution in [2.75, 3.05) is 11.1 Å². The number of halogens is 2. The molecule has 7 heteroatoms. The van der Waals surface area contributed by atoms with Gasteiger partial charge in [-0.2, -0.15) is 0 Å². The monoisotopic (exact) mass is 279 g/mol. The smallest absolute Gasteiger partial charge is 0.315 e. The third-order valence-corrected chi connectivity index (χ3v) is 2.77. The van der Waals surface area contributed by atoms with Gasteiger partial charge in [-0.15, -0.1) is 0 Å². The Morgan fingerprint density at radius 3 is 2.55 bits per heavy atom. The van der Waals surface area contributed by atoms with Gasteiger partial charge < -0.3 is 11.1 Å². The van der Waals surface area contributed by atoms with E-state index in [1.807, 2.05) is 0 Å². The molecule has 20 heavy (non-hydrogen) atoms. The van der Waals surface area contributed by atoms with E-state index < -0.39 is 16.6 Å². The van der Waals surface area contributed by atoms with Crippen molar-refractivity contribution in [3.8, 4) is 0 Å². The molecule has 0 saturated carbocycles. The fourth-order valence-electron chi connectivity index (χ4n) is 1.75. The molecule has 0 atom stereocenters. The number of anilines is 3. The SMILES string of the molecule is Cc1cc(F)c(Nc2cccc(N)c2[N+](=O)[O-])cc1F. The second-order valence-corrected chi connectivity index (χ2v) is 4.21. The van der Waals surface area contributed by atoms with E-state index in [0.29, 0.717) is 0 Å². The number of hydrogen-bond acceptors (Lipinski definition) is 4. The van der Waals surface area contributed by atoms with Crippen molar-refractivity contribution >= 4 is 22.7 Å². The third kappa shape index (κ3) is 2.51. The van der Waals surface area contributed by atoms with Gasteiger partial charge >= 0.3 is 5.69 Å². The van der Waals surface area contributed by atoms with E-state index in [1.165, 1.54) is 25.1 Å². The fourth-order valence-corrected chi connectivity index (χ4v) is 1.75. The molecule has 2 aromatic carbocycles. The van der Waals surface area contributed by atoms with Gasteiger partial charge in [0.15, 0.2) is 0 Å². The number of hydrogen-bond donors (Lipinski definition) is 2. The summed E-state index contributed by atoms with van der Waals surface area (Å²) in [5, 5.41) is 13.5. The highest BCUT2D eigenvalue weighted by Gasteiger charge is 2.19. The minimum atomic E-state index is -0.708. The van der Waals surface area contributed by atoms with E-state index in [2.05, 4.69) is 5.32 Å². The van der Waals surface area contributed by atoms with E-state index in [-0.39, 0.29) is 28.3 Å². The molecule has 0 saturated heterocycles. The molecule has 0 aliphatic carbocycles. The number of nitrogens with one attached hydrogen (secondary N) is 1. The lowest BCUT2D eigenvalue weighted by Crippen LogP contribution is -2.02. The van der Waals surface area contributed by atoms with Crippen LogP contribution in [0.3, 0.4) is 0 Å². The number of benzene rings is 2. The first kappa shape index (κ1) is 13.7. The predicted molar refractivity (Wildman–Crippen MR) is 71.9 cm³/mol. The molecule has 0 aromatic heterocycles. The Morgan fingerprint density at radius 1 is 1.20 bits per heavy atom. The maximum atomic E-state index is 13.7. The van der Waals surface area contributed by atoms with Gasteiger partial charge in [0.05, 0.1) is 10.6 Å². The molecule has 0 aliphatic rings. The number of nitro groups is 1. The van der Waals surface area contributed by atoms with Crippen LogP contribution in [0, 0.1) is 28.7 Å². The summed E-state index contributed by atoms with van der Waals surface area (Å²) in [6.07, 6.45) is 0. The van der Waals surface area contributed by atoms with Crippen LogP contribution in [-0.4, -0.2) is 4.92 Å². The summed E-state index contributed by atoms with van der Waals surface area (Å²) in [6, 6.07) is 6.15. The molecular formula is C13H11F2N3O2. The highest BCUT2D eigenvalue weighted by molar-refractivity contribution is 5.78. The fraction of sp³-hybridized carbons (Fsp3) is 0.0769. The average molecular weight is 279 g/mol.